The van der Waals surface area contributed by atoms with Crippen LogP contribution in [-0.2, 0) is 14.6 Å². The van der Waals surface area contributed by atoms with Crippen molar-refractivity contribution in [2.24, 2.45) is 0 Å². The minimum absolute atomic E-state index is 0.0784. The van der Waals surface area contributed by atoms with E-state index in [1.807, 2.05) is 24.3 Å². The summed E-state index contributed by atoms with van der Waals surface area (Å²) in [5, 5.41) is -0.250. The lowest BCUT2D eigenvalue weighted by Gasteiger charge is -2.18. The zero-order valence-corrected chi connectivity index (χ0v) is 17.1. The van der Waals surface area contributed by atoms with Crippen molar-refractivity contribution >= 4 is 33.4 Å². The van der Waals surface area contributed by atoms with Gasteiger partial charge in [0, 0.05) is 24.2 Å². The van der Waals surface area contributed by atoms with E-state index in [2.05, 4.69) is 0 Å². The van der Waals surface area contributed by atoms with Crippen molar-refractivity contribution in [3.8, 4) is 5.75 Å². The standard InChI is InChI=1S/C21H22ClNO4S/c1-27-17-9-6-16(7-10-17)8-11-21(24)23-13-12-20(28(25,26)15-14-23)18-4-2-3-5-19(18)22/h2-11,20H,12-15H2,1H3. The average Bonchev–Trinajstić information content (AvgIpc) is 2.85. The lowest BCUT2D eigenvalue weighted by atomic mass is 10.1. The summed E-state index contributed by atoms with van der Waals surface area (Å²) in [5.74, 6) is 0.461. The lowest BCUT2D eigenvalue weighted by molar-refractivity contribution is -0.125. The number of sulfone groups is 1. The number of hydrogen-bond acceptors (Lipinski definition) is 4. The van der Waals surface area contributed by atoms with Gasteiger partial charge < -0.3 is 9.64 Å². The molecule has 0 saturated carbocycles. The normalized spacial score (nSPS) is 19.4. The highest BCUT2D eigenvalue weighted by Crippen LogP contribution is 2.33. The summed E-state index contributed by atoms with van der Waals surface area (Å²) >= 11 is 6.21. The van der Waals surface area contributed by atoms with Gasteiger partial charge in [0.25, 0.3) is 0 Å². The molecule has 1 saturated heterocycles. The van der Waals surface area contributed by atoms with Gasteiger partial charge in [-0.3, -0.25) is 4.79 Å². The van der Waals surface area contributed by atoms with Gasteiger partial charge in [-0.2, -0.15) is 0 Å². The van der Waals surface area contributed by atoms with Gasteiger partial charge in [-0.05, 0) is 41.8 Å². The first kappa shape index (κ1) is 20.4. The van der Waals surface area contributed by atoms with Crippen LogP contribution in [0, 0.1) is 0 Å². The van der Waals surface area contributed by atoms with Crippen LogP contribution in [0.3, 0.4) is 0 Å². The number of benzene rings is 2. The number of rotatable bonds is 4. The highest BCUT2D eigenvalue weighted by molar-refractivity contribution is 7.91. The molecular weight excluding hydrogens is 398 g/mol. The van der Waals surface area contributed by atoms with Crippen LogP contribution in [0.1, 0.15) is 22.8 Å². The van der Waals surface area contributed by atoms with Crippen molar-refractivity contribution in [3.05, 3.63) is 70.8 Å². The van der Waals surface area contributed by atoms with Crippen molar-refractivity contribution in [2.45, 2.75) is 11.7 Å². The molecule has 0 radical (unpaired) electrons. The Labute approximate surface area is 170 Å². The maximum absolute atomic E-state index is 12.7. The van der Waals surface area contributed by atoms with Gasteiger partial charge in [-0.25, -0.2) is 8.42 Å². The molecule has 1 atom stereocenters. The molecule has 2 aromatic rings. The zero-order chi connectivity index (χ0) is 20.1. The second kappa shape index (κ2) is 8.80. The van der Waals surface area contributed by atoms with Gasteiger partial charge in [-0.15, -0.1) is 0 Å². The lowest BCUT2D eigenvalue weighted by Crippen LogP contribution is -2.32. The van der Waals surface area contributed by atoms with Gasteiger partial charge in [0.2, 0.25) is 5.91 Å². The Morgan fingerprint density at radius 2 is 1.86 bits per heavy atom. The number of ether oxygens (including phenoxy) is 1. The maximum atomic E-state index is 12.7. The van der Waals surface area contributed by atoms with E-state index in [-0.39, 0.29) is 18.2 Å². The molecule has 1 amide bonds. The summed E-state index contributed by atoms with van der Waals surface area (Å²) in [5.41, 5.74) is 1.47. The molecule has 1 aliphatic rings. The quantitative estimate of drug-likeness (QED) is 0.708. The molecule has 0 N–H and O–H groups in total. The molecule has 148 valence electrons. The van der Waals surface area contributed by atoms with Crippen molar-refractivity contribution in [1.29, 1.82) is 0 Å². The number of halogens is 1. The fourth-order valence-electron chi connectivity index (χ4n) is 3.24. The third-order valence-corrected chi connectivity index (χ3v) is 7.29. The second-order valence-corrected chi connectivity index (χ2v) is 9.31. The molecule has 3 rings (SSSR count). The Balaban J connectivity index is 1.72. The SMILES string of the molecule is COc1ccc(C=CC(=O)N2CCC(c3ccccc3Cl)S(=O)(=O)CC2)cc1. The Morgan fingerprint density at radius 3 is 2.54 bits per heavy atom. The summed E-state index contributed by atoms with van der Waals surface area (Å²) in [7, 11) is -1.80. The van der Waals surface area contributed by atoms with Crippen LogP contribution >= 0.6 is 11.6 Å². The van der Waals surface area contributed by atoms with E-state index in [1.54, 1.807) is 42.4 Å². The summed E-state index contributed by atoms with van der Waals surface area (Å²) < 4.78 is 30.6. The van der Waals surface area contributed by atoms with Crippen LogP contribution in [0.5, 0.6) is 5.75 Å². The fourth-order valence-corrected chi connectivity index (χ4v) is 5.39. The first-order chi connectivity index (χ1) is 13.4. The third kappa shape index (κ3) is 4.75. The van der Waals surface area contributed by atoms with Crippen LogP contribution in [0.2, 0.25) is 5.02 Å². The average molecular weight is 420 g/mol. The maximum Gasteiger partial charge on any atom is 0.246 e. The van der Waals surface area contributed by atoms with Gasteiger partial charge in [0.15, 0.2) is 9.84 Å². The first-order valence-corrected chi connectivity index (χ1v) is 11.1. The van der Waals surface area contributed by atoms with Crippen LogP contribution in [0.15, 0.2) is 54.6 Å². The largest absolute Gasteiger partial charge is 0.497 e. The van der Waals surface area contributed by atoms with Crippen LogP contribution < -0.4 is 4.74 Å². The molecule has 1 unspecified atom stereocenters. The molecule has 1 aliphatic heterocycles. The summed E-state index contributed by atoms with van der Waals surface area (Å²) in [6, 6.07) is 14.3. The number of methoxy groups -OCH3 is 1. The van der Waals surface area contributed by atoms with E-state index in [9.17, 15) is 13.2 Å². The molecule has 7 heteroatoms. The number of nitrogens with zero attached hydrogens (tertiary/aromatic N) is 1. The number of hydrogen-bond donors (Lipinski definition) is 0. The van der Waals surface area contributed by atoms with Gasteiger partial charge in [-0.1, -0.05) is 41.9 Å². The smallest absolute Gasteiger partial charge is 0.246 e. The highest BCUT2D eigenvalue weighted by Gasteiger charge is 2.33. The van der Waals surface area contributed by atoms with Crippen LogP contribution in [0.4, 0.5) is 0 Å². The molecule has 0 aliphatic carbocycles. The molecule has 0 aromatic heterocycles. The van der Waals surface area contributed by atoms with Crippen molar-refractivity contribution in [2.75, 3.05) is 26.0 Å². The first-order valence-electron chi connectivity index (χ1n) is 8.98. The van der Waals surface area contributed by atoms with E-state index < -0.39 is 15.1 Å². The van der Waals surface area contributed by atoms with Gasteiger partial charge in [0.1, 0.15) is 5.75 Å². The Morgan fingerprint density at radius 1 is 1.14 bits per heavy atom. The Kier molecular flexibility index (Phi) is 6.42. The van der Waals surface area contributed by atoms with Crippen molar-refractivity contribution in [1.82, 2.24) is 4.90 Å². The number of carbonyl (C=O) groups is 1. The van der Waals surface area contributed by atoms with E-state index in [1.165, 1.54) is 6.08 Å². The summed E-state index contributed by atoms with van der Waals surface area (Å²) in [6.07, 6.45) is 3.52. The predicted molar refractivity (Wildman–Crippen MR) is 111 cm³/mol. The molecule has 28 heavy (non-hydrogen) atoms. The topological polar surface area (TPSA) is 63.7 Å². The van der Waals surface area contributed by atoms with E-state index in [4.69, 9.17) is 16.3 Å². The third-order valence-electron chi connectivity index (χ3n) is 4.84. The second-order valence-electron chi connectivity index (χ2n) is 6.60. The Bertz CT molecular complexity index is 970. The molecule has 1 fully saturated rings. The minimum atomic E-state index is -3.39. The van der Waals surface area contributed by atoms with Gasteiger partial charge >= 0.3 is 0 Å². The van der Waals surface area contributed by atoms with Crippen LogP contribution in [-0.4, -0.2) is 45.2 Å². The number of amides is 1. The molecule has 1 heterocycles. The molecule has 0 spiro atoms. The predicted octanol–water partition coefficient (Wildman–Crippen LogP) is 3.75. The summed E-state index contributed by atoms with van der Waals surface area (Å²) in [6.45, 7) is 0.538. The zero-order valence-electron chi connectivity index (χ0n) is 15.5. The molecule has 2 aromatic carbocycles. The molecule has 0 bridgehead atoms. The van der Waals surface area contributed by atoms with E-state index in [0.717, 1.165) is 11.3 Å². The van der Waals surface area contributed by atoms with Crippen molar-refractivity contribution < 1.29 is 17.9 Å². The fraction of sp³-hybridized carbons (Fsp3) is 0.286. The minimum Gasteiger partial charge on any atom is -0.497 e. The summed E-state index contributed by atoms with van der Waals surface area (Å²) in [4.78, 5) is 14.1. The van der Waals surface area contributed by atoms with Crippen LogP contribution in [0.25, 0.3) is 6.08 Å². The van der Waals surface area contributed by atoms with E-state index in [0.29, 0.717) is 23.6 Å². The number of carbonyl (C=O) groups excluding carboxylic acids is 1. The Hall–Kier alpha value is -2.31. The van der Waals surface area contributed by atoms with Gasteiger partial charge in [0.05, 0.1) is 18.1 Å². The van der Waals surface area contributed by atoms with Crippen molar-refractivity contribution in [3.63, 3.8) is 0 Å². The van der Waals surface area contributed by atoms with E-state index >= 15 is 0 Å². The molecule has 5 nitrogen and oxygen atoms in total. The highest BCUT2D eigenvalue weighted by atomic mass is 35.5. The monoisotopic (exact) mass is 419 g/mol. The molecular formula is C21H22ClNO4S.